The standard InChI is InChI=1S/C20H30NO3.C7H6O2/c1-14(2)21(3)16-9-10-17(21)12-18(11-16)24-20(23)19(13-22)15-7-5-4-6-8-15;8-7(9)6-4-2-1-3-5-6/h4-8,14,16-19,22H,9-13H2,1-3H3;1-5H,(H,8,9)/q+1;/p-1/t16-,17-,18?,19?,21?;/m1./s1. The van der Waals surface area contributed by atoms with E-state index in [1.165, 1.54) is 25.0 Å². The van der Waals surface area contributed by atoms with E-state index in [1.54, 1.807) is 18.2 Å². The van der Waals surface area contributed by atoms with Gasteiger partial charge in [0.1, 0.15) is 12.0 Å². The summed E-state index contributed by atoms with van der Waals surface area (Å²) >= 11 is 0. The summed E-state index contributed by atoms with van der Waals surface area (Å²) in [4.78, 5) is 22.7. The number of aliphatic hydroxyl groups excluding tert-OH is 1. The Kier molecular flexibility index (Phi) is 8.27. The maximum atomic E-state index is 12.6. The Balaban J connectivity index is 0.000000286. The fraction of sp³-hybridized carbons (Fsp3) is 0.481. The third kappa shape index (κ3) is 5.63. The minimum absolute atomic E-state index is 0.00212. The van der Waals surface area contributed by atoms with Crippen LogP contribution in [0.4, 0.5) is 0 Å². The molecule has 2 heterocycles. The number of nitrogens with zero attached hydrogens (tertiary/aromatic N) is 1. The fourth-order valence-corrected chi connectivity index (χ4v) is 5.39. The monoisotopic (exact) mass is 453 g/mol. The van der Waals surface area contributed by atoms with Crippen molar-refractivity contribution in [2.75, 3.05) is 13.7 Å². The zero-order chi connectivity index (χ0) is 24.0. The number of rotatable bonds is 6. The highest BCUT2D eigenvalue weighted by Crippen LogP contribution is 2.44. The third-order valence-electron chi connectivity index (χ3n) is 7.55. The summed E-state index contributed by atoms with van der Waals surface area (Å²) in [6, 6.07) is 19.3. The van der Waals surface area contributed by atoms with Gasteiger partial charge in [-0.15, -0.1) is 0 Å². The summed E-state index contributed by atoms with van der Waals surface area (Å²) in [5.74, 6) is -1.99. The number of hydrogen-bond acceptors (Lipinski definition) is 5. The molecule has 6 nitrogen and oxygen atoms in total. The van der Waals surface area contributed by atoms with E-state index < -0.39 is 11.9 Å². The number of fused-ring (bicyclic) bond motifs is 2. The summed E-state index contributed by atoms with van der Waals surface area (Å²) in [6.45, 7) is 4.39. The summed E-state index contributed by atoms with van der Waals surface area (Å²) in [7, 11) is 2.37. The molecule has 1 unspecified atom stereocenters. The lowest BCUT2D eigenvalue weighted by atomic mass is 9.94. The molecule has 2 saturated heterocycles. The highest BCUT2D eigenvalue weighted by atomic mass is 16.5. The van der Waals surface area contributed by atoms with Crippen LogP contribution in [0.5, 0.6) is 0 Å². The molecule has 0 saturated carbocycles. The molecule has 1 N–H and O–H groups in total. The van der Waals surface area contributed by atoms with Crippen LogP contribution < -0.4 is 5.11 Å². The van der Waals surface area contributed by atoms with Crippen molar-refractivity contribution in [2.45, 2.75) is 69.7 Å². The summed E-state index contributed by atoms with van der Waals surface area (Å²) in [6.07, 6.45) is 4.36. The molecule has 2 aromatic carbocycles. The van der Waals surface area contributed by atoms with Crippen molar-refractivity contribution in [3.05, 3.63) is 71.8 Å². The van der Waals surface area contributed by atoms with Crippen molar-refractivity contribution in [3.63, 3.8) is 0 Å². The highest BCUT2D eigenvalue weighted by Gasteiger charge is 2.53. The van der Waals surface area contributed by atoms with Gasteiger partial charge in [-0.3, -0.25) is 4.79 Å². The molecular weight excluding hydrogens is 418 g/mol. The van der Waals surface area contributed by atoms with Crippen molar-refractivity contribution in [1.29, 1.82) is 0 Å². The average molecular weight is 454 g/mol. The van der Waals surface area contributed by atoms with E-state index >= 15 is 0 Å². The molecule has 178 valence electrons. The first kappa shape index (κ1) is 24.9. The predicted molar refractivity (Wildman–Crippen MR) is 124 cm³/mol. The van der Waals surface area contributed by atoms with Gasteiger partial charge in [0.05, 0.1) is 37.7 Å². The number of aromatic carboxylic acids is 1. The number of aliphatic hydroxyl groups is 1. The van der Waals surface area contributed by atoms with Crippen molar-refractivity contribution < 1.29 is 29.0 Å². The second kappa shape index (κ2) is 10.9. The molecule has 2 aromatic rings. The molecule has 3 atom stereocenters. The van der Waals surface area contributed by atoms with Gasteiger partial charge in [-0.2, -0.15) is 0 Å². The predicted octanol–water partition coefficient (Wildman–Crippen LogP) is 2.90. The number of quaternary nitrogens is 1. The Morgan fingerprint density at radius 2 is 1.52 bits per heavy atom. The Bertz CT molecular complexity index is 901. The number of benzene rings is 2. The number of hydrogen-bond donors (Lipinski definition) is 1. The second-order valence-electron chi connectivity index (χ2n) is 9.53. The lowest BCUT2D eigenvalue weighted by molar-refractivity contribution is -0.968. The van der Waals surface area contributed by atoms with Crippen LogP contribution in [0.1, 0.15) is 61.4 Å². The van der Waals surface area contributed by atoms with E-state index in [9.17, 15) is 19.8 Å². The molecule has 2 fully saturated rings. The van der Waals surface area contributed by atoms with E-state index in [0.717, 1.165) is 22.9 Å². The molecule has 33 heavy (non-hydrogen) atoms. The molecular formula is C27H35NO5. The molecule has 0 spiro atoms. The van der Waals surface area contributed by atoms with Gasteiger partial charge in [-0.1, -0.05) is 60.7 Å². The molecule has 2 aliphatic rings. The zero-order valence-electron chi connectivity index (χ0n) is 19.7. The second-order valence-corrected chi connectivity index (χ2v) is 9.53. The van der Waals surface area contributed by atoms with E-state index in [2.05, 4.69) is 20.9 Å². The Labute approximate surface area is 196 Å². The van der Waals surface area contributed by atoms with Crippen LogP contribution in [-0.4, -0.2) is 59.4 Å². The summed E-state index contributed by atoms with van der Waals surface area (Å²) in [5, 5.41) is 19.7. The number of piperidine rings is 1. The number of carboxylic acids is 1. The van der Waals surface area contributed by atoms with Gasteiger partial charge < -0.3 is 24.2 Å². The van der Waals surface area contributed by atoms with E-state index in [-0.39, 0.29) is 24.2 Å². The minimum atomic E-state index is -1.13. The lowest BCUT2D eigenvalue weighted by Gasteiger charge is -2.49. The molecule has 0 aliphatic carbocycles. The van der Waals surface area contributed by atoms with Gasteiger partial charge in [0.25, 0.3) is 0 Å². The van der Waals surface area contributed by atoms with Crippen LogP contribution in [-0.2, 0) is 9.53 Å². The normalized spacial score (nSPS) is 26.8. The third-order valence-corrected chi connectivity index (χ3v) is 7.55. The van der Waals surface area contributed by atoms with Gasteiger partial charge >= 0.3 is 5.97 Å². The first-order chi connectivity index (χ1) is 15.8. The van der Waals surface area contributed by atoms with Crippen molar-refractivity contribution in [2.24, 2.45) is 0 Å². The first-order valence-corrected chi connectivity index (χ1v) is 11.8. The van der Waals surface area contributed by atoms with Crippen LogP contribution in [0, 0.1) is 0 Å². The van der Waals surface area contributed by atoms with Crippen molar-refractivity contribution >= 4 is 11.9 Å². The summed E-state index contributed by atoms with van der Waals surface area (Å²) in [5.41, 5.74) is 1.05. The summed E-state index contributed by atoms with van der Waals surface area (Å²) < 4.78 is 6.96. The Hall–Kier alpha value is -2.70. The Morgan fingerprint density at radius 3 is 1.94 bits per heavy atom. The zero-order valence-corrected chi connectivity index (χ0v) is 19.7. The number of carbonyl (C=O) groups is 2. The molecule has 0 amide bonds. The number of carbonyl (C=O) groups excluding carboxylic acids is 2. The van der Waals surface area contributed by atoms with E-state index in [1.807, 2.05) is 30.3 Å². The maximum Gasteiger partial charge on any atom is 0.316 e. The van der Waals surface area contributed by atoms with Crippen molar-refractivity contribution in [1.82, 2.24) is 0 Å². The Morgan fingerprint density at radius 1 is 1.00 bits per heavy atom. The maximum absolute atomic E-state index is 12.6. The van der Waals surface area contributed by atoms with Crippen molar-refractivity contribution in [3.8, 4) is 0 Å². The molecule has 2 bridgehead atoms. The quantitative estimate of drug-likeness (QED) is 0.537. The van der Waals surface area contributed by atoms with Crippen LogP contribution in [0.3, 0.4) is 0 Å². The van der Waals surface area contributed by atoms with Crippen LogP contribution >= 0.6 is 0 Å². The number of ether oxygens (including phenoxy) is 1. The molecule has 0 radical (unpaired) electrons. The first-order valence-electron chi connectivity index (χ1n) is 11.8. The SMILES string of the molecule is CC(C)[N+]1(C)[C@@H]2CC[C@@H]1CC(OC(=O)C(CO)c1ccccc1)C2.O=C([O-])c1ccccc1. The van der Waals surface area contributed by atoms with Gasteiger partial charge in [0, 0.05) is 25.7 Å². The van der Waals surface area contributed by atoms with Gasteiger partial charge in [0.15, 0.2) is 0 Å². The molecule has 2 aliphatic heterocycles. The average Bonchev–Trinajstić information content (AvgIpc) is 2.98. The van der Waals surface area contributed by atoms with Gasteiger partial charge in [0.2, 0.25) is 0 Å². The highest BCUT2D eigenvalue weighted by molar-refractivity contribution is 5.85. The lowest BCUT2D eigenvalue weighted by Crippen LogP contribution is -2.62. The minimum Gasteiger partial charge on any atom is -0.545 e. The van der Waals surface area contributed by atoms with Crippen LogP contribution in [0.25, 0.3) is 0 Å². The van der Waals surface area contributed by atoms with Gasteiger partial charge in [-0.05, 0) is 25.0 Å². The van der Waals surface area contributed by atoms with Crippen LogP contribution in [0.2, 0.25) is 0 Å². The van der Waals surface area contributed by atoms with E-state index in [4.69, 9.17) is 4.74 Å². The molecule has 4 rings (SSSR count). The topological polar surface area (TPSA) is 86.7 Å². The number of esters is 1. The largest absolute Gasteiger partial charge is 0.545 e. The van der Waals surface area contributed by atoms with E-state index in [0.29, 0.717) is 18.1 Å². The van der Waals surface area contributed by atoms with Crippen LogP contribution in [0.15, 0.2) is 60.7 Å². The smallest absolute Gasteiger partial charge is 0.316 e. The molecule has 0 aromatic heterocycles. The fourth-order valence-electron chi connectivity index (χ4n) is 5.39. The molecule has 6 heteroatoms. The van der Waals surface area contributed by atoms with Gasteiger partial charge in [-0.25, -0.2) is 0 Å². The number of carboxylic acid groups (broad SMARTS) is 1.